The van der Waals surface area contributed by atoms with Gasteiger partial charge < -0.3 is 0 Å². The second-order valence-electron chi connectivity index (χ2n) is 5.00. The van der Waals surface area contributed by atoms with E-state index in [1.165, 1.54) is 44.1 Å². The van der Waals surface area contributed by atoms with Crippen LogP contribution in [0.15, 0.2) is 24.3 Å². The summed E-state index contributed by atoms with van der Waals surface area (Å²) < 4.78 is 0. The molecular weight excluding hydrogens is 284 g/mol. The standard InChI is InChI=1S/C14H18BrCl/c15-11-14(7-2-1-3-8-14)10-12-5-4-6-13(16)9-12/h4-6,9H,1-3,7-8,10-11H2. The maximum Gasteiger partial charge on any atom is 0.0408 e. The molecule has 0 aromatic heterocycles. The van der Waals surface area contributed by atoms with Gasteiger partial charge in [0.1, 0.15) is 0 Å². The van der Waals surface area contributed by atoms with Crippen LogP contribution in [0.1, 0.15) is 37.7 Å². The highest BCUT2D eigenvalue weighted by atomic mass is 79.9. The van der Waals surface area contributed by atoms with Crippen LogP contribution in [-0.2, 0) is 6.42 Å². The lowest BCUT2D eigenvalue weighted by Gasteiger charge is -2.36. The minimum Gasteiger partial charge on any atom is -0.0922 e. The van der Waals surface area contributed by atoms with Gasteiger partial charge in [-0.2, -0.15) is 0 Å². The van der Waals surface area contributed by atoms with Gasteiger partial charge in [-0.3, -0.25) is 0 Å². The lowest BCUT2D eigenvalue weighted by atomic mass is 9.72. The predicted octanol–water partition coefficient (Wildman–Crippen LogP) is 5.23. The lowest BCUT2D eigenvalue weighted by Crippen LogP contribution is -2.28. The van der Waals surface area contributed by atoms with Crippen molar-refractivity contribution in [2.45, 2.75) is 38.5 Å². The number of halogens is 2. The molecule has 1 aromatic carbocycles. The Labute approximate surface area is 112 Å². The molecule has 0 radical (unpaired) electrons. The third kappa shape index (κ3) is 3.01. The minimum absolute atomic E-state index is 0.475. The Kier molecular flexibility index (Phi) is 4.32. The molecule has 0 spiro atoms. The summed E-state index contributed by atoms with van der Waals surface area (Å²) in [6.07, 6.45) is 8.04. The van der Waals surface area contributed by atoms with E-state index in [9.17, 15) is 0 Å². The predicted molar refractivity (Wildman–Crippen MR) is 74.5 cm³/mol. The van der Waals surface area contributed by atoms with Crippen LogP contribution in [0.3, 0.4) is 0 Å². The van der Waals surface area contributed by atoms with Crippen molar-refractivity contribution in [1.29, 1.82) is 0 Å². The van der Waals surface area contributed by atoms with E-state index in [2.05, 4.69) is 34.1 Å². The van der Waals surface area contributed by atoms with Crippen molar-refractivity contribution in [2.24, 2.45) is 5.41 Å². The van der Waals surface area contributed by atoms with E-state index < -0.39 is 0 Å². The number of hydrogen-bond acceptors (Lipinski definition) is 0. The first-order valence-electron chi connectivity index (χ1n) is 6.05. The molecule has 0 saturated heterocycles. The van der Waals surface area contributed by atoms with Crippen molar-refractivity contribution in [2.75, 3.05) is 5.33 Å². The van der Waals surface area contributed by atoms with Gasteiger partial charge in [0.25, 0.3) is 0 Å². The molecule has 1 aromatic rings. The fraction of sp³-hybridized carbons (Fsp3) is 0.571. The zero-order valence-corrected chi connectivity index (χ0v) is 11.9. The van der Waals surface area contributed by atoms with Crippen molar-refractivity contribution in [1.82, 2.24) is 0 Å². The van der Waals surface area contributed by atoms with Crippen molar-refractivity contribution < 1.29 is 0 Å². The smallest absolute Gasteiger partial charge is 0.0408 e. The summed E-state index contributed by atoms with van der Waals surface area (Å²) in [5.41, 5.74) is 1.86. The first-order valence-corrected chi connectivity index (χ1v) is 7.54. The Hall–Kier alpha value is -0.0100. The SMILES string of the molecule is Clc1cccc(CC2(CBr)CCCCC2)c1. The molecule has 0 bridgehead atoms. The zero-order chi connectivity index (χ0) is 11.4. The Morgan fingerprint density at radius 2 is 1.94 bits per heavy atom. The van der Waals surface area contributed by atoms with Crippen LogP contribution in [0.2, 0.25) is 5.02 Å². The Morgan fingerprint density at radius 3 is 2.56 bits per heavy atom. The van der Waals surface area contributed by atoms with Gasteiger partial charge >= 0.3 is 0 Å². The summed E-state index contributed by atoms with van der Waals surface area (Å²) in [5, 5.41) is 1.98. The van der Waals surface area contributed by atoms with Gasteiger partial charge in [0, 0.05) is 10.4 Å². The van der Waals surface area contributed by atoms with Crippen LogP contribution < -0.4 is 0 Å². The molecule has 1 fully saturated rings. The van der Waals surface area contributed by atoms with E-state index in [1.54, 1.807) is 0 Å². The molecule has 1 aliphatic carbocycles. The van der Waals surface area contributed by atoms with Gasteiger partial charge in [0.15, 0.2) is 0 Å². The molecule has 0 amide bonds. The third-order valence-electron chi connectivity index (χ3n) is 3.67. The molecule has 0 atom stereocenters. The minimum atomic E-state index is 0.475. The number of benzene rings is 1. The van der Waals surface area contributed by atoms with Gasteiger partial charge in [-0.05, 0) is 42.4 Å². The first kappa shape index (κ1) is 12.4. The van der Waals surface area contributed by atoms with Crippen molar-refractivity contribution in [3.05, 3.63) is 34.9 Å². The maximum absolute atomic E-state index is 6.04. The highest BCUT2D eigenvalue weighted by molar-refractivity contribution is 9.09. The molecule has 2 heteroatoms. The number of hydrogen-bond donors (Lipinski definition) is 0. The molecule has 16 heavy (non-hydrogen) atoms. The van der Waals surface area contributed by atoms with E-state index in [1.807, 2.05) is 6.07 Å². The summed E-state index contributed by atoms with van der Waals surface area (Å²) in [6.45, 7) is 0. The molecule has 2 rings (SSSR count). The molecule has 0 nitrogen and oxygen atoms in total. The van der Waals surface area contributed by atoms with E-state index in [4.69, 9.17) is 11.6 Å². The molecule has 88 valence electrons. The van der Waals surface area contributed by atoms with Crippen molar-refractivity contribution >= 4 is 27.5 Å². The van der Waals surface area contributed by atoms with Crippen molar-refractivity contribution in [3.8, 4) is 0 Å². The van der Waals surface area contributed by atoms with E-state index in [-0.39, 0.29) is 0 Å². The molecule has 0 heterocycles. The quantitative estimate of drug-likeness (QED) is 0.671. The summed E-state index contributed by atoms with van der Waals surface area (Å²) >= 11 is 9.75. The molecule has 1 aliphatic rings. The van der Waals surface area contributed by atoms with Crippen LogP contribution in [0, 0.1) is 5.41 Å². The van der Waals surface area contributed by atoms with E-state index in [0.717, 1.165) is 10.4 Å². The zero-order valence-electron chi connectivity index (χ0n) is 9.52. The highest BCUT2D eigenvalue weighted by Crippen LogP contribution is 2.40. The lowest BCUT2D eigenvalue weighted by molar-refractivity contribution is 0.223. The summed E-state index contributed by atoms with van der Waals surface area (Å²) in [5.74, 6) is 0. The maximum atomic E-state index is 6.04. The normalized spacial score (nSPS) is 19.6. The molecule has 1 saturated carbocycles. The molecular formula is C14H18BrCl. The van der Waals surface area contributed by atoms with Crippen LogP contribution >= 0.6 is 27.5 Å². The summed E-state index contributed by atoms with van der Waals surface area (Å²) in [4.78, 5) is 0. The second kappa shape index (κ2) is 5.55. The van der Waals surface area contributed by atoms with Gasteiger partial charge in [-0.1, -0.05) is 58.9 Å². The van der Waals surface area contributed by atoms with Crippen molar-refractivity contribution in [3.63, 3.8) is 0 Å². The fourth-order valence-corrected chi connectivity index (χ4v) is 3.71. The van der Waals surface area contributed by atoms with Gasteiger partial charge in [0.2, 0.25) is 0 Å². The Morgan fingerprint density at radius 1 is 1.19 bits per heavy atom. The van der Waals surface area contributed by atoms with Crippen LogP contribution in [0.4, 0.5) is 0 Å². The largest absolute Gasteiger partial charge is 0.0922 e. The summed E-state index contributed by atoms with van der Waals surface area (Å²) in [6, 6.07) is 8.32. The molecule has 0 unspecified atom stereocenters. The summed E-state index contributed by atoms with van der Waals surface area (Å²) in [7, 11) is 0. The average Bonchev–Trinajstić information content (AvgIpc) is 2.30. The average molecular weight is 302 g/mol. The van der Waals surface area contributed by atoms with E-state index >= 15 is 0 Å². The third-order valence-corrected chi connectivity index (χ3v) is 5.09. The second-order valence-corrected chi connectivity index (χ2v) is 6.00. The van der Waals surface area contributed by atoms with Gasteiger partial charge in [0.05, 0.1) is 0 Å². The van der Waals surface area contributed by atoms with Crippen LogP contribution in [0.25, 0.3) is 0 Å². The monoisotopic (exact) mass is 300 g/mol. The topological polar surface area (TPSA) is 0 Å². The van der Waals surface area contributed by atoms with E-state index in [0.29, 0.717) is 5.41 Å². The Bertz CT molecular complexity index is 342. The number of rotatable bonds is 3. The fourth-order valence-electron chi connectivity index (χ4n) is 2.74. The first-order chi connectivity index (χ1) is 7.74. The van der Waals surface area contributed by atoms with Gasteiger partial charge in [-0.25, -0.2) is 0 Å². The Balaban J connectivity index is 2.11. The van der Waals surface area contributed by atoms with Gasteiger partial charge in [-0.15, -0.1) is 0 Å². The molecule has 0 aliphatic heterocycles. The van der Waals surface area contributed by atoms with Crippen LogP contribution in [0.5, 0.6) is 0 Å². The molecule has 0 N–H and O–H groups in total. The van der Waals surface area contributed by atoms with Crippen LogP contribution in [-0.4, -0.2) is 5.33 Å². The highest BCUT2D eigenvalue weighted by Gasteiger charge is 2.30. The number of alkyl halides is 1.